The van der Waals surface area contributed by atoms with Gasteiger partial charge in [0, 0.05) is 11.9 Å². The summed E-state index contributed by atoms with van der Waals surface area (Å²) in [5.41, 5.74) is 1.88. The van der Waals surface area contributed by atoms with E-state index < -0.39 is 0 Å². The van der Waals surface area contributed by atoms with E-state index in [0.717, 1.165) is 5.69 Å². The zero-order valence-electron chi connectivity index (χ0n) is 7.56. The van der Waals surface area contributed by atoms with E-state index in [9.17, 15) is 4.79 Å². The zero-order valence-corrected chi connectivity index (χ0v) is 7.56. The van der Waals surface area contributed by atoms with Crippen molar-refractivity contribution >= 4 is 6.29 Å². The highest BCUT2D eigenvalue weighted by molar-refractivity contribution is 5.82. The number of hydrogen-bond donors (Lipinski definition) is 1. The van der Waals surface area contributed by atoms with Gasteiger partial charge < -0.3 is 0 Å². The highest BCUT2D eigenvalue weighted by Gasteiger charge is 2.08. The van der Waals surface area contributed by atoms with Crippen LogP contribution in [0.1, 0.15) is 16.2 Å². The third-order valence-electron chi connectivity index (χ3n) is 1.82. The van der Waals surface area contributed by atoms with Crippen molar-refractivity contribution < 1.29 is 4.79 Å². The Morgan fingerprint density at radius 3 is 3.07 bits per heavy atom. The number of aldehydes is 1. The predicted octanol–water partition coefficient (Wildman–Crippen LogP) is 0.988. The minimum atomic E-state index is 0.399. The van der Waals surface area contributed by atoms with Crippen LogP contribution in [0.4, 0.5) is 0 Å². The molecule has 0 aliphatic carbocycles. The van der Waals surface area contributed by atoms with E-state index in [0.29, 0.717) is 23.4 Å². The second-order valence-corrected chi connectivity index (χ2v) is 2.84. The van der Waals surface area contributed by atoms with Gasteiger partial charge in [-0.05, 0) is 13.0 Å². The fourth-order valence-electron chi connectivity index (χ4n) is 1.14. The van der Waals surface area contributed by atoms with Crippen molar-refractivity contribution in [3.8, 4) is 11.4 Å². The van der Waals surface area contributed by atoms with Crippen molar-refractivity contribution in [2.75, 3.05) is 0 Å². The molecule has 0 spiro atoms. The molecular formula is C9H8N4O. The SMILES string of the molecule is Cc1ccnc(-c2cn[nH]c2C=O)n1. The van der Waals surface area contributed by atoms with Crippen LogP contribution in [0, 0.1) is 6.92 Å². The van der Waals surface area contributed by atoms with E-state index in [1.54, 1.807) is 18.5 Å². The average molecular weight is 188 g/mol. The molecule has 70 valence electrons. The molecule has 0 aliphatic heterocycles. The maximum Gasteiger partial charge on any atom is 0.168 e. The predicted molar refractivity (Wildman–Crippen MR) is 49.7 cm³/mol. The van der Waals surface area contributed by atoms with Crippen LogP contribution < -0.4 is 0 Å². The van der Waals surface area contributed by atoms with Crippen LogP contribution in [0.3, 0.4) is 0 Å². The Bertz CT molecular complexity index is 463. The number of rotatable bonds is 2. The molecule has 5 heteroatoms. The van der Waals surface area contributed by atoms with Gasteiger partial charge in [0.25, 0.3) is 0 Å². The van der Waals surface area contributed by atoms with Crippen LogP contribution in [-0.2, 0) is 0 Å². The minimum absolute atomic E-state index is 0.399. The number of aromatic nitrogens is 4. The van der Waals surface area contributed by atoms with Gasteiger partial charge in [0.05, 0.1) is 11.8 Å². The van der Waals surface area contributed by atoms with Crippen molar-refractivity contribution in [3.05, 3.63) is 29.8 Å². The quantitative estimate of drug-likeness (QED) is 0.713. The van der Waals surface area contributed by atoms with Gasteiger partial charge in [0.15, 0.2) is 12.1 Å². The molecule has 0 aromatic carbocycles. The molecule has 0 fully saturated rings. The number of carbonyl (C=O) groups excluding carboxylic acids is 1. The summed E-state index contributed by atoms with van der Waals surface area (Å²) >= 11 is 0. The Morgan fingerprint density at radius 2 is 2.36 bits per heavy atom. The van der Waals surface area contributed by atoms with Gasteiger partial charge in [0.1, 0.15) is 5.69 Å². The van der Waals surface area contributed by atoms with E-state index in [-0.39, 0.29) is 0 Å². The number of aryl methyl sites for hydroxylation is 1. The average Bonchev–Trinajstić information content (AvgIpc) is 2.65. The summed E-state index contributed by atoms with van der Waals surface area (Å²) in [6.07, 6.45) is 3.89. The molecular weight excluding hydrogens is 180 g/mol. The van der Waals surface area contributed by atoms with Gasteiger partial charge in [-0.15, -0.1) is 0 Å². The highest BCUT2D eigenvalue weighted by Crippen LogP contribution is 2.15. The zero-order chi connectivity index (χ0) is 9.97. The number of nitrogens with one attached hydrogen (secondary N) is 1. The number of carbonyl (C=O) groups is 1. The van der Waals surface area contributed by atoms with E-state index in [2.05, 4.69) is 20.2 Å². The normalized spacial score (nSPS) is 10.1. The molecule has 0 amide bonds. The summed E-state index contributed by atoms with van der Waals surface area (Å²) in [6.45, 7) is 1.87. The molecule has 0 bridgehead atoms. The van der Waals surface area contributed by atoms with E-state index in [1.807, 2.05) is 6.92 Å². The van der Waals surface area contributed by atoms with Gasteiger partial charge in [-0.2, -0.15) is 5.10 Å². The van der Waals surface area contributed by atoms with E-state index in [1.165, 1.54) is 0 Å². The second kappa shape index (κ2) is 3.37. The fraction of sp³-hybridized carbons (Fsp3) is 0.111. The Hall–Kier alpha value is -2.04. The standard InChI is InChI=1S/C9H8N4O/c1-6-2-3-10-9(12-6)7-4-11-13-8(7)5-14/h2-5H,1H3,(H,11,13). The number of H-pyrrole nitrogens is 1. The highest BCUT2D eigenvalue weighted by atomic mass is 16.1. The maximum absolute atomic E-state index is 10.6. The molecule has 5 nitrogen and oxygen atoms in total. The summed E-state index contributed by atoms with van der Waals surface area (Å²) in [6, 6.07) is 1.80. The first kappa shape index (κ1) is 8.55. The van der Waals surface area contributed by atoms with Crippen LogP contribution in [0.5, 0.6) is 0 Å². The number of hydrogen-bond acceptors (Lipinski definition) is 4. The largest absolute Gasteiger partial charge is 0.296 e. The van der Waals surface area contributed by atoms with Crippen molar-refractivity contribution in [3.63, 3.8) is 0 Å². The molecule has 2 aromatic rings. The Kier molecular flexibility index (Phi) is 2.06. The molecule has 0 saturated heterocycles. The lowest BCUT2D eigenvalue weighted by atomic mass is 10.2. The molecule has 0 saturated carbocycles. The van der Waals surface area contributed by atoms with Gasteiger partial charge in [0.2, 0.25) is 0 Å². The molecule has 0 unspecified atom stereocenters. The molecule has 1 N–H and O–H groups in total. The summed E-state index contributed by atoms with van der Waals surface area (Å²) in [7, 11) is 0. The van der Waals surface area contributed by atoms with Crippen molar-refractivity contribution in [2.45, 2.75) is 6.92 Å². The Balaban J connectivity index is 2.54. The molecule has 0 radical (unpaired) electrons. The molecule has 2 rings (SSSR count). The lowest BCUT2D eigenvalue weighted by Crippen LogP contribution is -1.92. The van der Waals surface area contributed by atoms with Crippen LogP contribution in [-0.4, -0.2) is 26.5 Å². The van der Waals surface area contributed by atoms with Crippen molar-refractivity contribution in [2.24, 2.45) is 0 Å². The monoisotopic (exact) mass is 188 g/mol. The van der Waals surface area contributed by atoms with Gasteiger partial charge >= 0.3 is 0 Å². The maximum atomic E-state index is 10.6. The molecule has 0 aliphatic rings. The first-order valence-corrected chi connectivity index (χ1v) is 4.10. The van der Waals surface area contributed by atoms with E-state index >= 15 is 0 Å². The van der Waals surface area contributed by atoms with Gasteiger partial charge in [-0.25, -0.2) is 9.97 Å². The Morgan fingerprint density at radius 1 is 1.50 bits per heavy atom. The van der Waals surface area contributed by atoms with Crippen LogP contribution in [0.15, 0.2) is 18.5 Å². The summed E-state index contributed by atoms with van der Waals surface area (Å²) in [5, 5.41) is 6.34. The number of aromatic amines is 1. The minimum Gasteiger partial charge on any atom is -0.296 e. The molecule has 14 heavy (non-hydrogen) atoms. The van der Waals surface area contributed by atoms with Gasteiger partial charge in [-0.1, -0.05) is 0 Å². The summed E-state index contributed by atoms with van der Waals surface area (Å²) in [5.74, 6) is 0.515. The fourth-order valence-corrected chi connectivity index (χ4v) is 1.14. The molecule has 2 aromatic heterocycles. The van der Waals surface area contributed by atoms with Crippen molar-refractivity contribution in [1.82, 2.24) is 20.2 Å². The number of nitrogens with zero attached hydrogens (tertiary/aromatic N) is 3. The Labute approximate surface area is 80.2 Å². The lowest BCUT2D eigenvalue weighted by Gasteiger charge is -1.97. The van der Waals surface area contributed by atoms with Crippen LogP contribution in [0.2, 0.25) is 0 Å². The first-order valence-electron chi connectivity index (χ1n) is 4.10. The topological polar surface area (TPSA) is 71.5 Å². The first-order chi connectivity index (χ1) is 6.81. The smallest absolute Gasteiger partial charge is 0.168 e. The molecule has 0 atom stereocenters. The van der Waals surface area contributed by atoms with E-state index in [4.69, 9.17) is 0 Å². The second-order valence-electron chi connectivity index (χ2n) is 2.84. The third-order valence-corrected chi connectivity index (χ3v) is 1.82. The van der Waals surface area contributed by atoms with Crippen molar-refractivity contribution in [1.29, 1.82) is 0 Å². The molecule has 2 heterocycles. The summed E-state index contributed by atoms with van der Waals surface area (Å²) < 4.78 is 0. The van der Waals surface area contributed by atoms with Gasteiger partial charge in [-0.3, -0.25) is 9.89 Å². The van der Waals surface area contributed by atoms with Crippen LogP contribution in [0.25, 0.3) is 11.4 Å². The summed E-state index contributed by atoms with van der Waals surface area (Å²) in [4.78, 5) is 18.9. The third kappa shape index (κ3) is 1.39. The lowest BCUT2D eigenvalue weighted by molar-refractivity contribution is 0.111. The van der Waals surface area contributed by atoms with Crippen LogP contribution >= 0.6 is 0 Å².